The van der Waals surface area contributed by atoms with E-state index in [1.54, 1.807) is 0 Å². The molecule has 0 aromatic carbocycles. The van der Waals surface area contributed by atoms with E-state index in [0.717, 1.165) is 45.5 Å². The van der Waals surface area contributed by atoms with E-state index in [4.69, 9.17) is 4.74 Å². The zero-order valence-corrected chi connectivity index (χ0v) is 12.5. The molecule has 1 aromatic rings. The SMILES string of the molecule is CCOC1CC(O)C12CCN(Cc1ccnn1C)CC2. The number of aromatic nitrogens is 2. The van der Waals surface area contributed by atoms with E-state index < -0.39 is 0 Å². The fourth-order valence-electron chi connectivity index (χ4n) is 3.73. The van der Waals surface area contributed by atoms with Crippen LogP contribution in [0.15, 0.2) is 12.3 Å². The summed E-state index contributed by atoms with van der Waals surface area (Å²) < 4.78 is 7.75. The Hall–Kier alpha value is -0.910. The highest BCUT2D eigenvalue weighted by molar-refractivity contribution is 5.07. The zero-order chi connectivity index (χ0) is 14.2. The molecule has 2 aliphatic rings. The van der Waals surface area contributed by atoms with Crippen molar-refractivity contribution in [1.82, 2.24) is 14.7 Å². The maximum atomic E-state index is 10.2. The van der Waals surface area contributed by atoms with Crippen LogP contribution in [0.1, 0.15) is 31.9 Å². The van der Waals surface area contributed by atoms with Gasteiger partial charge in [-0.05, 0) is 38.9 Å². The van der Waals surface area contributed by atoms with E-state index in [9.17, 15) is 5.11 Å². The van der Waals surface area contributed by atoms with E-state index in [0.29, 0.717) is 0 Å². The summed E-state index contributed by atoms with van der Waals surface area (Å²) in [5.74, 6) is 0. The first-order valence-electron chi connectivity index (χ1n) is 7.64. The highest BCUT2D eigenvalue weighted by atomic mass is 16.5. The second-order valence-electron chi connectivity index (χ2n) is 6.15. The van der Waals surface area contributed by atoms with Crippen molar-refractivity contribution in [2.45, 2.75) is 44.9 Å². The van der Waals surface area contributed by atoms with Crippen molar-refractivity contribution in [1.29, 1.82) is 0 Å². The molecule has 1 N–H and O–H groups in total. The fraction of sp³-hybridized carbons (Fsp3) is 0.800. The van der Waals surface area contributed by atoms with Gasteiger partial charge in [0.05, 0.1) is 17.9 Å². The highest BCUT2D eigenvalue weighted by Gasteiger charge is 2.55. The van der Waals surface area contributed by atoms with Gasteiger partial charge in [-0.1, -0.05) is 0 Å². The molecular formula is C15H25N3O2. The predicted octanol–water partition coefficient (Wildman–Crippen LogP) is 1.17. The van der Waals surface area contributed by atoms with Gasteiger partial charge in [0, 0.05) is 38.2 Å². The third-order valence-corrected chi connectivity index (χ3v) is 5.21. The minimum Gasteiger partial charge on any atom is -0.392 e. The van der Waals surface area contributed by atoms with Crippen molar-refractivity contribution in [3.8, 4) is 0 Å². The number of ether oxygens (including phenoxy) is 1. The fourth-order valence-corrected chi connectivity index (χ4v) is 3.73. The number of likely N-dealkylation sites (tertiary alicyclic amines) is 1. The van der Waals surface area contributed by atoms with Crippen LogP contribution >= 0.6 is 0 Å². The molecule has 20 heavy (non-hydrogen) atoms. The molecule has 2 heterocycles. The van der Waals surface area contributed by atoms with Crippen molar-refractivity contribution in [3.63, 3.8) is 0 Å². The van der Waals surface area contributed by atoms with Gasteiger partial charge in [0.2, 0.25) is 0 Å². The first-order valence-corrected chi connectivity index (χ1v) is 7.64. The minimum atomic E-state index is -0.169. The van der Waals surface area contributed by atoms with E-state index in [-0.39, 0.29) is 17.6 Å². The smallest absolute Gasteiger partial charge is 0.0681 e. The van der Waals surface area contributed by atoms with Crippen LogP contribution in [-0.2, 0) is 18.3 Å². The normalized spacial score (nSPS) is 29.6. The molecule has 5 nitrogen and oxygen atoms in total. The van der Waals surface area contributed by atoms with Gasteiger partial charge in [-0.2, -0.15) is 5.10 Å². The molecule has 3 rings (SSSR count). The first-order chi connectivity index (χ1) is 9.65. The largest absolute Gasteiger partial charge is 0.392 e. The van der Waals surface area contributed by atoms with Crippen molar-refractivity contribution in [3.05, 3.63) is 18.0 Å². The van der Waals surface area contributed by atoms with Crippen LogP contribution < -0.4 is 0 Å². The van der Waals surface area contributed by atoms with Crippen LogP contribution in [-0.4, -0.2) is 51.7 Å². The van der Waals surface area contributed by atoms with Gasteiger partial charge in [0.15, 0.2) is 0 Å². The quantitative estimate of drug-likeness (QED) is 0.899. The molecule has 1 saturated heterocycles. The maximum absolute atomic E-state index is 10.2. The van der Waals surface area contributed by atoms with Crippen LogP contribution in [0.4, 0.5) is 0 Å². The second-order valence-corrected chi connectivity index (χ2v) is 6.15. The third-order valence-electron chi connectivity index (χ3n) is 5.21. The van der Waals surface area contributed by atoms with E-state index in [2.05, 4.69) is 16.1 Å². The molecule has 1 saturated carbocycles. The van der Waals surface area contributed by atoms with Gasteiger partial charge in [-0.15, -0.1) is 0 Å². The van der Waals surface area contributed by atoms with E-state index in [1.165, 1.54) is 5.69 Å². The molecule has 0 amide bonds. The van der Waals surface area contributed by atoms with Gasteiger partial charge in [-0.3, -0.25) is 9.58 Å². The minimum absolute atomic E-state index is 0.0268. The summed E-state index contributed by atoms with van der Waals surface area (Å²) in [6, 6.07) is 2.07. The van der Waals surface area contributed by atoms with E-state index in [1.807, 2.05) is 24.9 Å². The molecule has 1 spiro atoms. The molecular weight excluding hydrogens is 254 g/mol. The van der Waals surface area contributed by atoms with Crippen LogP contribution in [0.5, 0.6) is 0 Å². The molecule has 1 aliphatic heterocycles. The lowest BCUT2D eigenvalue weighted by Gasteiger charge is -2.56. The third kappa shape index (κ3) is 2.28. The lowest BCUT2D eigenvalue weighted by Crippen LogP contribution is -2.62. The summed E-state index contributed by atoms with van der Waals surface area (Å²) in [5.41, 5.74) is 1.27. The average molecular weight is 279 g/mol. The molecule has 1 aromatic heterocycles. The predicted molar refractivity (Wildman–Crippen MR) is 76.2 cm³/mol. The number of aliphatic hydroxyl groups is 1. The molecule has 0 radical (unpaired) electrons. The Morgan fingerprint density at radius 1 is 1.45 bits per heavy atom. The zero-order valence-electron chi connectivity index (χ0n) is 12.5. The Balaban J connectivity index is 1.58. The average Bonchev–Trinajstić information content (AvgIpc) is 2.85. The highest BCUT2D eigenvalue weighted by Crippen LogP contribution is 2.51. The van der Waals surface area contributed by atoms with Crippen molar-refractivity contribution in [2.24, 2.45) is 12.5 Å². The Kier molecular flexibility index (Phi) is 3.84. The van der Waals surface area contributed by atoms with Gasteiger partial charge in [0.25, 0.3) is 0 Å². The summed E-state index contributed by atoms with van der Waals surface area (Å²) in [6.45, 7) is 5.80. The van der Waals surface area contributed by atoms with Gasteiger partial charge in [0.1, 0.15) is 0 Å². The summed E-state index contributed by atoms with van der Waals surface area (Å²) in [6.07, 6.45) is 4.84. The van der Waals surface area contributed by atoms with Crippen molar-refractivity contribution >= 4 is 0 Å². The van der Waals surface area contributed by atoms with Gasteiger partial charge < -0.3 is 9.84 Å². The van der Waals surface area contributed by atoms with Gasteiger partial charge >= 0.3 is 0 Å². The molecule has 1 aliphatic carbocycles. The van der Waals surface area contributed by atoms with Crippen LogP contribution in [0.3, 0.4) is 0 Å². The number of rotatable bonds is 4. The van der Waals surface area contributed by atoms with E-state index >= 15 is 0 Å². The molecule has 2 unspecified atom stereocenters. The Morgan fingerprint density at radius 3 is 2.75 bits per heavy atom. The number of piperidine rings is 1. The molecule has 5 heteroatoms. The summed E-state index contributed by atoms with van der Waals surface area (Å²) in [7, 11) is 1.99. The summed E-state index contributed by atoms with van der Waals surface area (Å²) in [5, 5.41) is 14.4. The number of aryl methyl sites for hydroxylation is 1. The Bertz CT molecular complexity index is 450. The molecule has 2 fully saturated rings. The summed E-state index contributed by atoms with van der Waals surface area (Å²) >= 11 is 0. The monoisotopic (exact) mass is 279 g/mol. The maximum Gasteiger partial charge on any atom is 0.0681 e. The lowest BCUT2D eigenvalue weighted by molar-refractivity contribution is -0.210. The standard InChI is InChI=1S/C15H25N3O2/c1-3-20-14-10-13(19)15(14)5-8-18(9-6-15)11-12-4-7-16-17(12)2/h4,7,13-14,19H,3,5-6,8-11H2,1-2H3. The lowest BCUT2D eigenvalue weighted by atomic mass is 9.58. The second kappa shape index (κ2) is 5.47. The number of nitrogens with zero attached hydrogens (tertiary/aromatic N) is 3. The molecule has 0 bridgehead atoms. The first kappa shape index (κ1) is 14.0. The van der Waals surface area contributed by atoms with Crippen molar-refractivity contribution < 1.29 is 9.84 Å². The number of hydrogen-bond donors (Lipinski definition) is 1. The number of hydrogen-bond acceptors (Lipinski definition) is 4. The van der Waals surface area contributed by atoms with Crippen LogP contribution in [0.2, 0.25) is 0 Å². The van der Waals surface area contributed by atoms with Crippen LogP contribution in [0, 0.1) is 5.41 Å². The Labute approximate surface area is 120 Å². The molecule has 112 valence electrons. The number of aliphatic hydroxyl groups excluding tert-OH is 1. The molecule has 2 atom stereocenters. The Morgan fingerprint density at radius 2 is 2.20 bits per heavy atom. The summed E-state index contributed by atoms with van der Waals surface area (Å²) in [4.78, 5) is 2.45. The van der Waals surface area contributed by atoms with Crippen molar-refractivity contribution in [2.75, 3.05) is 19.7 Å². The van der Waals surface area contributed by atoms with Gasteiger partial charge in [-0.25, -0.2) is 0 Å². The topological polar surface area (TPSA) is 50.5 Å². The van der Waals surface area contributed by atoms with Crippen LogP contribution in [0.25, 0.3) is 0 Å².